The summed E-state index contributed by atoms with van der Waals surface area (Å²) in [6.07, 6.45) is 8.15. The van der Waals surface area contributed by atoms with Gasteiger partial charge in [-0.1, -0.05) is 0 Å². The van der Waals surface area contributed by atoms with E-state index in [4.69, 9.17) is 9.72 Å². The molecule has 2 aliphatic rings. The Balaban J connectivity index is 1.26. The number of fused-ring (bicyclic) bond motifs is 1. The molecule has 30 heavy (non-hydrogen) atoms. The summed E-state index contributed by atoms with van der Waals surface area (Å²) in [6, 6.07) is 7.78. The highest BCUT2D eigenvalue weighted by Gasteiger charge is 2.35. The number of alkyl halides is 2. The van der Waals surface area contributed by atoms with Gasteiger partial charge in [-0.05, 0) is 31.0 Å². The van der Waals surface area contributed by atoms with Crippen molar-refractivity contribution >= 4 is 17.0 Å². The van der Waals surface area contributed by atoms with E-state index in [1.165, 1.54) is 0 Å². The maximum absolute atomic E-state index is 13.5. The highest BCUT2D eigenvalue weighted by atomic mass is 19.3. The van der Waals surface area contributed by atoms with Crippen LogP contribution < -0.4 is 9.64 Å². The zero-order valence-corrected chi connectivity index (χ0v) is 16.8. The third kappa shape index (κ3) is 3.95. The molecule has 6 nitrogen and oxygen atoms in total. The minimum Gasteiger partial charge on any atom is -0.474 e. The van der Waals surface area contributed by atoms with Crippen LogP contribution in [-0.2, 0) is 0 Å². The largest absolute Gasteiger partial charge is 0.474 e. The average molecular weight is 413 g/mol. The summed E-state index contributed by atoms with van der Waals surface area (Å²) in [4.78, 5) is 15.5. The van der Waals surface area contributed by atoms with Crippen molar-refractivity contribution in [3.8, 4) is 5.88 Å². The number of ether oxygens (including phenoxy) is 1. The number of hydrogen-bond donors (Lipinski definition) is 0. The second-order valence-electron chi connectivity index (χ2n) is 8.23. The molecule has 0 radical (unpaired) electrons. The van der Waals surface area contributed by atoms with Crippen LogP contribution in [0.4, 0.5) is 14.7 Å². The van der Waals surface area contributed by atoms with E-state index in [-0.39, 0.29) is 25.0 Å². The molecule has 1 aliphatic carbocycles. The molecule has 2 fully saturated rings. The average Bonchev–Trinajstić information content (AvgIpc) is 3.18. The van der Waals surface area contributed by atoms with E-state index in [1.807, 2.05) is 35.0 Å². The second-order valence-corrected chi connectivity index (χ2v) is 8.23. The number of nitrogens with zero attached hydrogens (tertiary/aromatic N) is 5. The summed E-state index contributed by atoms with van der Waals surface area (Å²) in [5.74, 6) is -1.18. The molecule has 0 N–H and O–H groups in total. The van der Waals surface area contributed by atoms with E-state index >= 15 is 0 Å². The molecular formula is C22H25F2N5O. The normalized spacial score (nSPS) is 20.5. The monoisotopic (exact) mass is 413 g/mol. The van der Waals surface area contributed by atoms with Gasteiger partial charge in [0.05, 0.1) is 0 Å². The molecule has 3 aromatic rings. The first-order chi connectivity index (χ1) is 14.6. The minimum absolute atomic E-state index is 0.0583. The number of anilines is 1. The van der Waals surface area contributed by atoms with Crippen molar-refractivity contribution in [3.63, 3.8) is 0 Å². The van der Waals surface area contributed by atoms with Gasteiger partial charge < -0.3 is 14.2 Å². The number of rotatable bonds is 4. The van der Waals surface area contributed by atoms with E-state index in [0.717, 1.165) is 42.9 Å². The number of aromatic nitrogens is 4. The third-order valence-electron chi connectivity index (χ3n) is 6.18. The molecular weight excluding hydrogens is 388 g/mol. The molecule has 0 bridgehead atoms. The Morgan fingerprint density at radius 2 is 1.70 bits per heavy atom. The molecule has 5 rings (SSSR count). The lowest BCUT2D eigenvalue weighted by atomic mass is 9.92. The molecule has 0 amide bonds. The van der Waals surface area contributed by atoms with Crippen molar-refractivity contribution in [3.05, 3.63) is 42.9 Å². The van der Waals surface area contributed by atoms with Crippen LogP contribution in [0.3, 0.4) is 0 Å². The Hall–Kier alpha value is -2.77. The molecule has 158 valence electrons. The van der Waals surface area contributed by atoms with E-state index in [1.54, 1.807) is 12.4 Å². The first-order valence-corrected chi connectivity index (χ1v) is 10.6. The fourth-order valence-corrected chi connectivity index (χ4v) is 4.47. The number of halogens is 2. The van der Waals surface area contributed by atoms with Crippen molar-refractivity contribution in [1.82, 2.24) is 19.5 Å². The van der Waals surface area contributed by atoms with Gasteiger partial charge in [-0.3, -0.25) is 0 Å². The van der Waals surface area contributed by atoms with Gasteiger partial charge in [-0.15, -0.1) is 0 Å². The fourth-order valence-electron chi connectivity index (χ4n) is 4.47. The van der Waals surface area contributed by atoms with Gasteiger partial charge in [0.25, 0.3) is 0 Å². The van der Waals surface area contributed by atoms with Crippen molar-refractivity contribution in [2.75, 3.05) is 18.0 Å². The molecule has 1 aliphatic heterocycles. The maximum Gasteiger partial charge on any atom is 0.248 e. The van der Waals surface area contributed by atoms with Crippen LogP contribution in [-0.4, -0.2) is 44.6 Å². The van der Waals surface area contributed by atoms with Gasteiger partial charge in [0.15, 0.2) is 0 Å². The Morgan fingerprint density at radius 3 is 2.43 bits per heavy atom. The van der Waals surface area contributed by atoms with Gasteiger partial charge in [0, 0.05) is 74.9 Å². The highest BCUT2D eigenvalue weighted by molar-refractivity contribution is 5.76. The van der Waals surface area contributed by atoms with E-state index < -0.39 is 5.92 Å². The van der Waals surface area contributed by atoms with Crippen molar-refractivity contribution in [1.29, 1.82) is 0 Å². The second kappa shape index (κ2) is 7.81. The summed E-state index contributed by atoms with van der Waals surface area (Å²) in [5.41, 5.74) is 0.817. The standard InChI is InChI=1S/C22H25F2N5O/c23-22(24)9-4-17(5-10-22)29-15-6-16-2-3-19(27-20(16)29)30-18-7-13-28(14-8-18)21-25-11-1-12-26-21/h1-3,6,11-12,15,17-18H,4-5,7-10,13-14H2. The minimum atomic E-state index is -2.53. The Labute approximate surface area is 173 Å². The van der Waals surface area contributed by atoms with Crippen LogP contribution in [0.25, 0.3) is 11.0 Å². The van der Waals surface area contributed by atoms with Crippen LogP contribution in [0.15, 0.2) is 42.9 Å². The summed E-state index contributed by atoms with van der Waals surface area (Å²) in [7, 11) is 0. The lowest BCUT2D eigenvalue weighted by molar-refractivity contribution is -0.0436. The molecule has 8 heteroatoms. The molecule has 3 aromatic heterocycles. The quantitative estimate of drug-likeness (QED) is 0.625. The van der Waals surface area contributed by atoms with Gasteiger partial charge in [0.2, 0.25) is 17.8 Å². The van der Waals surface area contributed by atoms with Crippen molar-refractivity contribution in [2.24, 2.45) is 0 Å². The van der Waals surface area contributed by atoms with Gasteiger partial charge in [-0.25, -0.2) is 18.7 Å². The van der Waals surface area contributed by atoms with Crippen LogP contribution in [0.1, 0.15) is 44.6 Å². The van der Waals surface area contributed by atoms with E-state index in [0.29, 0.717) is 18.7 Å². The zero-order chi connectivity index (χ0) is 20.6. The smallest absolute Gasteiger partial charge is 0.248 e. The summed E-state index contributed by atoms with van der Waals surface area (Å²) in [6.45, 7) is 1.67. The van der Waals surface area contributed by atoms with Crippen molar-refractivity contribution < 1.29 is 13.5 Å². The van der Waals surface area contributed by atoms with Gasteiger partial charge in [0.1, 0.15) is 11.8 Å². The van der Waals surface area contributed by atoms with Gasteiger partial charge in [-0.2, -0.15) is 4.98 Å². The summed E-state index contributed by atoms with van der Waals surface area (Å²) in [5, 5.41) is 1.01. The van der Waals surface area contributed by atoms with E-state index in [9.17, 15) is 8.78 Å². The predicted molar refractivity (Wildman–Crippen MR) is 110 cm³/mol. The topological polar surface area (TPSA) is 56.1 Å². The Bertz CT molecular complexity index is 991. The predicted octanol–water partition coefficient (Wildman–Crippen LogP) is 4.62. The third-order valence-corrected chi connectivity index (χ3v) is 6.18. The highest BCUT2D eigenvalue weighted by Crippen LogP contribution is 2.39. The molecule has 1 saturated heterocycles. The van der Waals surface area contributed by atoms with Crippen LogP contribution >= 0.6 is 0 Å². The molecule has 0 unspecified atom stereocenters. The molecule has 0 aromatic carbocycles. The molecule has 4 heterocycles. The van der Waals surface area contributed by atoms with E-state index in [2.05, 4.69) is 14.9 Å². The number of pyridine rings is 1. The number of piperidine rings is 1. The first-order valence-electron chi connectivity index (χ1n) is 10.6. The molecule has 0 atom stereocenters. The Kier molecular flexibility index (Phi) is 5.00. The van der Waals surface area contributed by atoms with Crippen LogP contribution in [0.5, 0.6) is 5.88 Å². The maximum atomic E-state index is 13.5. The van der Waals surface area contributed by atoms with Crippen LogP contribution in [0.2, 0.25) is 0 Å². The lowest BCUT2D eigenvalue weighted by Crippen LogP contribution is -2.39. The molecule has 1 saturated carbocycles. The van der Waals surface area contributed by atoms with Crippen molar-refractivity contribution in [2.45, 2.75) is 56.6 Å². The summed E-state index contributed by atoms with van der Waals surface area (Å²) >= 11 is 0. The van der Waals surface area contributed by atoms with Gasteiger partial charge >= 0.3 is 0 Å². The summed E-state index contributed by atoms with van der Waals surface area (Å²) < 4.78 is 35.3. The first kappa shape index (κ1) is 19.2. The molecule has 0 spiro atoms. The lowest BCUT2D eigenvalue weighted by Gasteiger charge is -2.32. The Morgan fingerprint density at radius 1 is 0.967 bits per heavy atom. The van der Waals surface area contributed by atoms with Crippen LogP contribution in [0, 0.1) is 0 Å². The fraction of sp³-hybridized carbons (Fsp3) is 0.500. The SMILES string of the molecule is FC1(F)CCC(n2ccc3ccc(OC4CCN(c5ncccn5)CC4)nc32)CC1. The zero-order valence-electron chi connectivity index (χ0n) is 16.8. The number of hydrogen-bond acceptors (Lipinski definition) is 5.